The molecule has 3 rings (SSSR count). The Morgan fingerprint density at radius 2 is 1.92 bits per heavy atom. The first kappa shape index (κ1) is 16.9. The summed E-state index contributed by atoms with van der Waals surface area (Å²) in [5, 5.41) is 5.86. The molecular weight excluding hydrogens is 307 g/mol. The maximum Gasteiger partial charge on any atom is 0.224 e. The number of halogens is 1. The van der Waals surface area contributed by atoms with Crippen LogP contribution in [-0.4, -0.2) is 24.9 Å². The smallest absolute Gasteiger partial charge is 0.224 e. The Hall–Kier alpha value is -1.91. The maximum atomic E-state index is 13.3. The molecule has 1 aliphatic carbocycles. The lowest BCUT2D eigenvalue weighted by Gasteiger charge is -2.38. The predicted octanol–water partition coefficient (Wildman–Crippen LogP) is 2.67. The third-order valence-electron chi connectivity index (χ3n) is 5.50. The zero-order chi connectivity index (χ0) is 17.0. The van der Waals surface area contributed by atoms with Gasteiger partial charge in [-0.15, -0.1) is 0 Å². The Morgan fingerprint density at radius 3 is 2.54 bits per heavy atom. The van der Waals surface area contributed by atoms with Gasteiger partial charge in [0.05, 0.1) is 5.92 Å². The molecule has 1 unspecified atom stereocenters. The molecule has 2 amide bonds. The number of carbonyl (C=O) groups excluding carboxylic acids is 2. The first-order chi connectivity index (χ1) is 11.6. The van der Waals surface area contributed by atoms with Crippen LogP contribution in [0.4, 0.5) is 4.39 Å². The predicted molar refractivity (Wildman–Crippen MR) is 89.9 cm³/mol. The SMILES string of the molecule is O=C1CCC(C(=O)NCC2(c3ccc(F)cc3)CCCCC2)CN1. The van der Waals surface area contributed by atoms with Gasteiger partial charge in [-0.25, -0.2) is 4.39 Å². The highest BCUT2D eigenvalue weighted by atomic mass is 19.1. The average molecular weight is 332 g/mol. The molecule has 0 bridgehead atoms. The molecule has 130 valence electrons. The molecule has 1 aromatic rings. The standard InChI is InChI=1S/C19H25FN2O2/c20-16-7-5-15(6-8-16)19(10-2-1-3-11-19)13-22-18(24)14-4-9-17(23)21-12-14/h5-8,14H,1-4,9-13H2,(H,21,23)(H,22,24). The Balaban J connectivity index is 1.67. The van der Waals surface area contributed by atoms with Crippen LogP contribution in [0.3, 0.4) is 0 Å². The number of carbonyl (C=O) groups is 2. The summed E-state index contributed by atoms with van der Waals surface area (Å²) in [5.74, 6) is -0.334. The maximum absolute atomic E-state index is 13.3. The van der Waals surface area contributed by atoms with Crippen molar-refractivity contribution in [2.24, 2.45) is 5.92 Å². The van der Waals surface area contributed by atoms with Gasteiger partial charge < -0.3 is 10.6 Å². The van der Waals surface area contributed by atoms with Crippen molar-refractivity contribution in [3.05, 3.63) is 35.6 Å². The number of benzene rings is 1. The van der Waals surface area contributed by atoms with E-state index in [1.165, 1.54) is 18.6 Å². The monoisotopic (exact) mass is 332 g/mol. The largest absolute Gasteiger partial charge is 0.355 e. The van der Waals surface area contributed by atoms with E-state index in [0.29, 0.717) is 25.9 Å². The van der Waals surface area contributed by atoms with Crippen molar-refractivity contribution in [3.63, 3.8) is 0 Å². The number of amides is 2. The number of hydrogen-bond donors (Lipinski definition) is 2. The Morgan fingerprint density at radius 1 is 1.21 bits per heavy atom. The van der Waals surface area contributed by atoms with Crippen LogP contribution in [0.25, 0.3) is 0 Å². The molecule has 4 nitrogen and oxygen atoms in total. The molecule has 0 spiro atoms. The fourth-order valence-corrected chi connectivity index (χ4v) is 3.96. The van der Waals surface area contributed by atoms with Gasteiger partial charge in [0.1, 0.15) is 5.82 Å². The molecule has 1 aromatic carbocycles. The fraction of sp³-hybridized carbons (Fsp3) is 0.579. The molecule has 1 saturated heterocycles. The highest BCUT2D eigenvalue weighted by Gasteiger charge is 2.35. The first-order valence-corrected chi connectivity index (χ1v) is 8.90. The number of piperidine rings is 1. The van der Waals surface area contributed by atoms with E-state index in [4.69, 9.17) is 0 Å². The van der Waals surface area contributed by atoms with Crippen LogP contribution in [0.2, 0.25) is 0 Å². The number of nitrogens with one attached hydrogen (secondary N) is 2. The van der Waals surface area contributed by atoms with Crippen molar-refractivity contribution in [2.45, 2.75) is 50.4 Å². The molecule has 1 heterocycles. The average Bonchev–Trinajstić information content (AvgIpc) is 2.62. The van der Waals surface area contributed by atoms with E-state index in [0.717, 1.165) is 31.2 Å². The van der Waals surface area contributed by atoms with Crippen molar-refractivity contribution in [2.75, 3.05) is 13.1 Å². The van der Waals surface area contributed by atoms with Crippen LogP contribution in [-0.2, 0) is 15.0 Å². The Bertz CT molecular complexity index is 584. The van der Waals surface area contributed by atoms with Crippen LogP contribution in [0, 0.1) is 11.7 Å². The molecule has 2 N–H and O–H groups in total. The van der Waals surface area contributed by atoms with Gasteiger partial charge >= 0.3 is 0 Å². The van der Waals surface area contributed by atoms with Gasteiger partial charge in [-0.05, 0) is 37.0 Å². The van der Waals surface area contributed by atoms with Gasteiger partial charge in [0.25, 0.3) is 0 Å². The van der Waals surface area contributed by atoms with Gasteiger partial charge in [0.15, 0.2) is 0 Å². The summed E-state index contributed by atoms with van der Waals surface area (Å²) in [5.41, 5.74) is 1.01. The van der Waals surface area contributed by atoms with E-state index in [1.807, 2.05) is 12.1 Å². The lowest BCUT2D eigenvalue weighted by Crippen LogP contribution is -2.47. The van der Waals surface area contributed by atoms with Crippen molar-refractivity contribution in [1.82, 2.24) is 10.6 Å². The molecule has 1 aliphatic heterocycles. The van der Waals surface area contributed by atoms with Crippen molar-refractivity contribution >= 4 is 11.8 Å². The summed E-state index contributed by atoms with van der Waals surface area (Å²) in [4.78, 5) is 23.7. The van der Waals surface area contributed by atoms with Gasteiger partial charge in [-0.1, -0.05) is 31.4 Å². The van der Waals surface area contributed by atoms with E-state index < -0.39 is 0 Å². The molecule has 2 aliphatic rings. The zero-order valence-corrected chi connectivity index (χ0v) is 13.9. The molecule has 0 aromatic heterocycles. The van der Waals surface area contributed by atoms with E-state index in [-0.39, 0.29) is 29.0 Å². The van der Waals surface area contributed by atoms with Crippen LogP contribution >= 0.6 is 0 Å². The van der Waals surface area contributed by atoms with Crippen LogP contribution in [0.1, 0.15) is 50.5 Å². The Kier molecular flexibility index (Phi) is 5.17. The topological polar surface area (TPSA) is 58.2 Å². The molecule has 1 saturated carbocycles. The molecule has 0 radical (unpaired) electrons. The summed E-state index contributed by atoms with van der Waals surface area (Å²) in [6, 6.07) is 6.72. The second-order valence-corrected chi connectivity index (χ2v) is 7.11. The minimum atomic E-state index is -0.230. The first-order valence-electron chi connectivity index (χ1n) is 8.90. The van der Waals surface area contributed by atoms with Gasteiger partial charge in [0, 0.05) is 24.9 Å². The lowest BCUT2D eigenvalue weighted by atomic mass is 9.69. The lowest BCUT2D eigenvalue weighted by molar-refractivity contribution is -0.129. The van der Waals surface area contributed by atoms with Crippen molar-refractivity contribution < 1.29 is 14.0 Å². The fourth-order valence-electron chi connectivity index (χ4n) is 3.96. The van der Waals surface area contributed by atoms with Crippen molar-refractivity contribution in [1.29, 1.82) is 0 Å². The van der Waals surface area contributed by atoms with Crippen LogP contribution < -0.4 is 10.6 Å². The highest BCUT2D eigenvalue weighted by molar-refractivity contribution is 5.83. The molecule has 1 atom stereocenters. The quantitative estimate of drug-likeness (QED) is 0.890. The molecule has 2 fully saturated rings. The summed E-state index contributed by atoms with van der Waals surface area (Å²) in [6.07, 6.45) is 6.54. The summed E-state index contributed by atoms with van der Waals surface area (Å²) >= 11 is 0. The van der Waals surface area contributed by atoms with E-state index in [2.05, 4.69) is 10.6 Å². The second kappa shape index (κ2) is 7.32. The summed E-state index contributed by atoms with van der Waals surface area (Å²) in [6.45, 7) is 1.01. The minimum absolute atomic E-state index is 0.0158. The number of hydrogen-bond acceptors (Lipinski definition) is 2. The van der Waals surface area contributed by atoms with Gasteiger partial charge in [-0.2, -0.15) is 0 Å². The second-order valence-electron chi connectivity index (χ2n) is 7.11. The van der Waals surface area contributed by atoms with Gasteiger partial charge in [-0.3, -0.25) is 9.59 Å². The summed E-state index contributed by atoms with van der Waals surface area (Å²) < 4.78 is 13.3. The molecule has 5 heteroatoms. The van der Waals surface area contributed by atoms with Gasteiger partial charge in [0.2, 0.25) is 11.8 Å². The number of rotatable bonds is 4. The van der Waals surface area contributed by atoms with E-state index in [9.17, 15) is 14.0 Å². The third kappa shape index (κ3) is 3.77. The molecular formula is C19H25FN2O2. The normalized spacial score (nSPS) is 23.4. The van der Waals surface area contributed by atoms with E-state index in [1.54, 1.807) is 0 Å². The van der Waals surface area contributed by atoms with Crippen LogP contribution in [0.5, 0.6) is 0 Å². The van der Waals surface area contributed by atoms with Crippen LogP contribution in [0.15, 0.2) is 24.3 Å². The minimum Gasteiger partial charge on any atom is -0.355 e. The van der Waals surface area contributed by atoms with E-state index >= 15 is 0 Å². The summed E-state index contributed by atoms with van der Waals surface area (Å²) in [7, 11) is 0. The Labute approximate surface area is 142 Å². The molecule has 24 heavy (non-hydrogen) atoms. The third-order valence-corrected chi connectivity index (χ3v) is 5.50. The highest BCUT2D eigenvalue weighted by Crippen LogP contribution is 2.39. The van der Waals surface area contributed by atoms with Crippen molar-refractivity contribution in [3.8, 4) is 0 Å². The zero-order valence-electron chi connectivity index (χ0n) is 13.9.